The summed E-state index contributed by atoms with van der Waals surface area (Å²) < 4.78 is 26.9. The first-order chi connectivity index (χ1) is 12.4. The molecule has 0 fully saturated rings. The van der Waals surface area contributed by atoms with Crippen molar-refractivity contribution in [3.05, 3.63) is 59.2 Å². The second-order valence-corrected chi connectivity index (χ2v) is 6.42. The molecule has 0 unspecified atom stereocenters. The van der Waals surface area contributed by atoms with Crippen LogP contribution in [0, 0.1) is 11.6 Å². The molecule has 3 rings (SSSR count). The van der Waals surface area contributed by atoms with E-state index in [2.05, 4.69) is 5.32 Å². The van der Waals surface area contributed by atoms with Crippen molar-refractivity contribution in [3.8, 4) is 0 Å². The lowest BCUT2D eigenvalue weighted by Crippen LogP contribution is -2.32. The first kappa shape index (κ1) is 18.0. The molecule has 0 spiro atoms. The first-order valence-corrected chi connectivity index (χ1v) is 8.58. The summed E-state index contributed by atoms with van der Waals surface area (Å²) in [6.45, 7) is 2.62. The Balaban J connectivity index is 1.60. The van der Waals surface area contributed by atoms with Crippen LogP contribution in [0.3, 0.4) is 0 Å². The first-order valence-electron chi connectivity index (χ1n) is 8.58. The number of ketones is 1. The minimum Gasteiger partial charge on any atom is -0.371 e. The number of benzene rings is 2. The van der Waals surface area contributed by atoms with Crippen LogP contribution in [-0.2, 0) is 11.2 Å². The van der Waals surface area contributed by atoms with E-state index in [9.17, 15) is 18.4 Å². The summed E-state index contributed by atoms with van der Waals surface area (Å²) in [5.74, 6) is -1.91. The van der Waals surface area contributed by atoms with Crippen LogP contribution in [0.4, 0.5) is 20.2 Å². The molecule has 0 saturated heterocycles. The zero-order chi connectivity index (χ0) is 18.7. The highest BCUT2D eigenvalue weighted by molar-refractivity contribution is 5.95. The van der Waals surface area contributed by atoms with Crippen LogP contribution in [-0.4, -0.2) is 24.8 Å². The molecule has 1 aliphatic rings. The van der Waals surface area contributed by atoms with Gasteiger partial charge in [-0.1, -0.05) is 0 Å². The average molecular weight is 358 g/mol. The third-order valence-electron chi connectivity index (χ3n) is 4.52. The maximum atomic E-state index is 13.6. The smallest absolute Gasteiger partial charge is 0.226 e. The molecule has 0 saturated carbocycles. The third-order valence-corrected chi connectivity index (χ3v) is 4.52. The third kappa shape index (κ3) is 4.07. The number of carbonyl (C=O) groups excluding carboxylic acids is 2. The van der Waals surface area contributed by atoms with Crippen molar-refractivity contribution in [1.29, 1.82) is 0 Å². The number of nitrogens with zero attached hydrogens (tertiary/aromatic N) is 1. The number of anilines is 2. The van der Waals surface area contributed by atoms with Crippen molar-refractivity contribution in [2.75, 3.05) is 23.3 Å². The molecular weight excluding hydrogens is 338 g/mol. The maximum Gasteiger partial charge on any atom is 0.226 e. The summed E-state index contributed by atoms with van der Waals surface area (Å²) in [5.41, 5.74) is 2.64. The molecule has 0 radical (unpaired) electrons. The molecule has 26 heavy (non-hydrogen) atoms. The van der Waals surface area contributed by atoms with Gasteiger partial charge < -0.3 is 10.2 Å². The molecule has 0 bridgehead atoms. The predicted octanol–water partition coefficient (Wildman–Crippen LogP) is 3.95. The lowest BCUT2D eigenvalue weighted by Gasteiger charge is -2.31. The number of Topliss-reactive ketones (excluding diaryl/α,β-unsaturated/α-hetero) is 1. The summed E-state index contributed by atoms with van der Waals surface area (Å²) in [6.07, 6.45) is 1.77. The zero-order valence-corrected chi connectivity index (χ0v) is 14.5. The van der Waals surface area contributed by atoms with E-state index >= 15 is 0 Å². The summed E-state index contributed by atoms with van der Waals surface area (Å²) in [4.78, 5) is 25.3. The van der Waals surface area contributed by atoms with E-state index in [-0.39, 0.29) is 18.1 Å². The quantitative estimate of drug-likeness (QED) is 0.824. The fourth-order valence-corrected chi connectivity index (χ4v) is 3.13. The Hall–Kier alpha value is -2.76. The minimum atomic E-state index is -0.870. The second kappa shape index (κ2) is 7.64. The topological polar surface area (TPSA) is 49.4 Å². The summed E-state index contributed by atoms with van der Waals surface area (Å²) in [6, 6.07) is 9.15. The monoisotopic (exact) mass is 358 g/mol. The number of amides is 1. The van der Waals surface area contributed by atoms with Crippen LogP contribution in [0.15, 0.2) is 36.4 Å². The second-order valence-electron chi connectivity index (χ2n) is 6.42. The minimum absolute atomic E-state index is 0.0321. The molecule has 1 heterocycles. The van der Waals surface area contributed by atoms with Crippen molar-refractivity contribution < 1.29 is 18.4 Å². The van der Waals surface area contributed by atoms with Gasteiger partial charge in [0.2, 0.25) is 5.91 Å². The van der Waals surface area contributed by atoms with E-state index in [1.54, 1.807) is 24.3 Å². The molecule has 2 aromatic rings. The lowest BCUT2D eigenvalue weighted by atomic mass is 10.0. The number of rotatable bonds is 5. The number of carbonyl (C=O) groups is 2. The van der Waals surface area contributed by atoms with Gasteiger partial charge in [0.1, 0.15) is 0 Å². The molecular formula is C20H20F2N2O2. The predicted molar refractivity (Wildman–Crippen MR) is 96.6 cm³/mol. The molecule has 6 heteroatoms. The summed E-state index contributed by atoms with van der Waals surface area (Å²) in [5, 5.41) is 2.78. The van der Waals surface area contributed by atoms with Crippen molar-refractivity contribution in [2.45, 2.75) is 26.2 Å². The molecule has 4 nitrogen and oxygen atoms in total. The van der Waals surface area contributed by atoms with Gasteiger partial charge in [-0.05, 0) is 55.7 Å². The van der Waals surface area contributed by atoms with Gasteiger partial charge in [-0.2, -0.15) is 0 Å². The Morgan fingerprint density at radius 2 is 1.81 bits per heavy atom. The van der Waals surface area contributed by atoms with Crippen molar-refractivity contribution in [3.63, 3.8) is 0 Å². The largest absolute Gasteiger partial charge is 0.371 e. The van der Waals surface area contributed by atoms with Gasteiger partial charge in [-0.3, -0.25) is 9.59 Å². The number of halogens is 2. The Bertz CT molecular complexity index is 834. The van der Waals surface area contributed by atoms with Gasteiger partial charge in [-0.15, -0.1) is 0 Å². The van der Waals surface area contributed by atoms with E-state index in [1.807, 2.05) is 4.90 Å². The SMILES string of the molecule is CC(=O)c1ccc(NC(=O)CCN2CCCc3cc(F)c(F)cc32)cc1. The van der Waals surface area contributed by atoms with Crippen LogP contribution in [0.25, 0.3) is 0 Å². The Morgan fingerprint density at radius 3 is 2.50 bits per heavy atom. The van der Waals surface area contributed by atoms with E-state index in [0.29, 0.717) is 36.4 Å². The normalized spacial score (nSPS) is 13.3. The van der Waals surface area contributed by atoms with Crippen LogP contribution < -0.4 is 10.2 Å². The molecule has 1 amide bonds. The van der Waals surface area contributed by atoms with Crippen LogP contribution in [0.2, 0.25) is 0 Å². The van der Waals surface area contributed by atoms with Gasteiger partial charge >= 0.3 is 0 Å². The standard InChI is InChI=1S/C20H20F2N2O2/c1-13(25)14-4-6-16(7-5-14)23-20(26)8-10-24-9-2-3-15-11-17(21)18(22)12-19(15)24/h4-7,11-12H,2-3,8-10H2,1H3,(H,23,26). The molecule has 0 atom stereocenters. The Morgan fingerprint density at radius 1 is 1.12 bits per heavy atom. The van der Waals surface area contributed by atoms with Gasteiger partial charge in [0.05, 0.1) is 0 Å². The number of fused-ring (bicyclic) bond motifs is 1. The highest BCUT2D eigenvalue weighted by Gasteiger charge is 2.20. The van der Waals surface area contributed by atoms with Crippen molar-refractivity contribution in [1.82, 2.24) is 0 Å². The number of hydrogen-bond acceptors (Lipinski definition) is 3. The van der Waals surface area contributed by atoms with Crippen LogP contribution >= 0.6 is 0 Å². The molecule has 136 valence electrons. The Kier molecular flexibility index (Phi) is 5.30. The fraction of sp³-hybridized carbons (Fsp3) is 0.300. The molecule has 1 N–H and O–H groups in total. The molecule has 2 aromatic carbocycles. The van der Waals surface area contributed by atoms with Crippen LogP contribution in [0.1, 0.15) is 35.7 Å². The number of aryl methyl sites for hydroxylation is 1. The van der Waals surface area contributed by atoms with Crippen LogP contribution in [0.5, 0.6) is 0 Å². The zero-order valence-electron chi connectivity index (χ0n) is 14.5. The van der Waals surface area contributed by atoms with Gasteiger partial charge in [0.15, 0.2) is 17.4 Å². The van der Waals surface area contributed by atoms with E-state index < -0.39 is 11.6 Å². The lowest BCUT2D eigenvalue weighted by molar-refractivity contribution is -0.116. The Labute approximate surface area is 150 Å². The fourth-order valence-electron chi connectivity index (χ4n) is 3.13. The van der Waals surface area contributed by atoms with E-state index in [0.717, 1.165) is 12.0 Å². The van der Waals surface area contributed by atoms with Crippen molar-refractivity contribution >= 4 is 23.1 Å². The van der Waals surface area contributed by atoms with Gasteiger partial charge in [-0.25, -0.2) is 8.78 Å². The van der Waals surface area contributed by atoms with Gasteiger partial charge in [0, 0.05) is 42.5 Å². The van der Waals surface area contributed by atoms with E-state index in [4.69, 9.17) is 0 Å². The molecule has 0 aliphatic carbocycles. The highest BCUT2D eigenvalue weighted by Crippen LogP contribution is 2.29. The number of hydrogen-bond donors (Lipinski definition) is 1. The highest BCUT2D eigenvalue weighted by atomic mass is 19.2. The molecule has 0 aromatic heterocycles. The maximum absolute atomic E-state index is 13.6. The van der Waals surface area contributed by atoms with E-state index in [1.165, 1.54) is 19.1 Å². The number of nitrogens with one attached hydrogen (secondary N) is 1. The average Bonchev–Trinajstić information content (AvgIpc) is 2.61. The van der Waals surface area contributed by atoms with Gasteiger partial charge in [0.25, 0.3) is 0 Å². The summed E-state index contributed by atoms with van der Waals surface area (Å²) in [7, 11) is 0. The summed E-state index contributed by atoms with van der Waals surface area (Å²) >= 11 is 0. The van der Waals surface area contributed by atoms with Crippen molar-refractivity contribution in [2.24, 2.45) is 0 Å². The molecule has 1 aliphatic heterocycles.